The molecule has 0 aliphatic heterocycles. The van der Waals surface area contributed by atoms with E-state index in [1.807, 2.05) is 11.3 Å². The average molecular weight is 197 g/mol. The third-order valence-electron chi connectivity index (χ3n) is 2.56. The number of hydrogen-bond acceptors (Lipinski definition) is 2. The first-order chi connectivity index (χ1) is 6.02. The summed E-state index contributed by atoms with van der Waals surface area (Å²) in [6.45, 7) is 8.72. The molecule has 2 N–H and O–H groups in total. The maximum atomic E-state index is 6.11. The van der Waals surface area contributed by atoms with Crippen molar-refractivity contribution in [2.75, 3.05) is 0 Å². The van der Waals surface area contributed by atoms with E-state index in [2.05, 4.69) is 39.8 Å². The zero-order chi connectivity index (χ0) is 10.0. The van der Waals surface area contributed by atoms with Gasteiger partial charge in [-0.25, -0.2) is 0 Å². The van der Waals surface area contributed by atoms with Gasteiger partial charge < -0.3 is 5.73 Å². The molecule has 0 aliphatic carbocycles. The lowest BCUT2D eigenvalue weighted by atomic mass is 9.92. The minimum atomic E-state index is 0.276. The fourth-order valence-corrected chi connectivity index (χ4v) is 2.45. The maximum Gasteiger partial charge on any atom is 0.0136 e. The fourth-order valence-electron chi connectivity index (χ4n) is 1.47. The Kier molecular flexibility index (Phi) is 3.51. The van der Waals surface area contributed by atoms with Gasteiger partial charge in [0.25, 0.3) is 0 Å². The summed E-state index contributed by atoms with van der Waals surface area (Å²) in [5, 5.41) is 0. The highest BCUT2D eigenvalue weighted by Gasteiger charge is 2.18. The van der Waals surface area contributed by atoms with Crippen LogP contribution in [0.3, 0.4) is 0 Å². The highest BCUT2D eigenvalue weighted by Crippen LogP contribution is 2.28. The Labute approximate surface area is 85.0 Å². The molecule has 0 spiro atoms. The molecule has 0 saturated carbocycles. The van der Waals surface area contributed by atoms with E-state index in [0.29, 0.717) is 11.8 Å². The Morgan fingerprint density at radius 1 is 1.23 bits per heavy atom. The van der Waals surface area contributed by atoms with E-state index in [1.165, 1.54) is 9.75 Å². The van der Waals surface area contributed by atoms with Crippen LogP contribution < -0.4 is 5.73 Å². The molecule has 0 saturated heterocycles. The number of aryl methyl sites for hydroxylation is 1. The van der Waals surface area contributed by atoms with Crippen LogP contribution in [-0.4, -0.2) is 6.04 Å². The number of thiophene rings is 1. The SMILES string of the molecule is Cc1ccc(C(C)C(N)C(C)C)s1. The lowest BCUT2D eigenvalue weighted by Gasteiger charge is -2.22. The molecule has 0 fully saturated rings. The van der Waals surface area contributed by atoms with E-state index in [9.17, 15) is 0 Å². The molecule has 0 aromatic carbocycles. The van der Waals surface area contributed by atoms with Crippen molar-refractivity contribution in [1.29, 1.82) is 0 Å². The molecular weight excluding hydrogens is 178 g/mol. The molecule has 13 heavy (non-hydrogen) atoms. The van der Waals surface area contributed by atoms with E-state index in [-0.39, 0.29) is 6.04 Å². The van der Waals surface area contributed by atoms with Crippen LogP contribution in [0.5, 0.6) is 0 Å². The quantitative estimate of drug-likeness (QED) is 0.791. The van der Waals surface area contributed by atoms with Gasteiger partial charge in [0.05, 0.1) is 0 Å². The molecule has 1 aromatic rings. The van der Waals surface area contributed by atoms with Crippen LogP contribution in [-0.2, 0) is 0 Å². The number of hydrogen-bond donors (Lipinski definition) is 1. The molecule has 74 valence electrons. The van der Waals surface area contributed by atoms with Crippen molar-refractivity contribution < 1.29 is 0 Å². The van der Waals surface area contributed by atoms with Gasteiger partial charge in [0.15, 0.2) is 0 Å². The minimum absolute atomic E-state index is 0.276. The first-order valence-electron chi connectivity index (χ1n) is 4.84. The van der Waals surface area contributed by atoms with Crippen molar-refractivity contribution in [2.45, 2.75) is 39.7 Å². The molecule has 1 nitrogen and oxygen atoms in total. The monoisotopic (exact) mass is 197 g/mol. The Balaban J connectivity index is 2.73. The van der Waals surface area contributed by atoms with E-state index in [4.69, 9.17) is 5.73 Å². The van der Waals surface area contributed by atoms with Gasteiger partial charge in [-0.2, -0.15) is 0 Å². The molecule has 2 atom stereocenters. The summed E-state index contributed by atoms with van der Waals surface area (Å²) in [6, 6.07) is 4.65. The third-order valence-corrected chi connectivity index (χ3v) is 3.76. The Hall–Kier alpha value is -0.340. The van der Waals surface area contributed by atoms with Crippen LogP contribution in [0, 0.1) is 12.8 Å². The topological polar surface area (TPSA) is 26.0 Å². The second-order valence-corrected chi connectivity index (χ2v) is 5.38. The Morgan fingerprint density at radius 3 is 2.23 bits per heavy atom. The second-order valence-electron chi connectivity index (χ2n) is 4.06. The van der Waals surface area contributed by atoms with Gasteiger partial charge in [-0.15, -0.1) is 11.3 Å². The van der Waals surface area contributed by atoms with Crippen molar-refractivity contribution in [3.63, 3.8) is 0 Å². The summed E-state index contributed by atoms with van der Waals surface area (Å²) < 4.78 is 0. The van der Waals surface area contributed by atoms with Crippen LogP contribution in [0.15, 0.2) is 12.1 Å². The van der Waals surface area contributed by atoms with Crippen molar-refractivity contribution >= 4 is 11.3 Å². The second kappa shape index (κ2) is 4.25. The zero-order valence-electron chi connectivity index (χ0n) is 8.87. The highest BCUT2D eigenvalue weighted by atomic mass is 32.1. The van der Waals surface area contributed by atoms with Crippen LogP contribution in [0.1, 0.15) is 36.4 Å². The van der Waals surface area contributed by atoms with Gasteiger partial charge >= 0.3 is 0 Å². The van der Waals surface area contributed by atoms with Gasteiger partial charge in [-0.05, 0) is 25.0 Å². The number of rotatable bonds is 3. The summed E-state index contributed by atoms with van der Waals surface area (Å²) in [4.78, 5) is 2.79. The molecule has 2 heteroatoms. The molecule has 0 aliphatic rings. The summed E-state index contributed by atoms with van der Waals surface area (Å²) in [5.74, 6) is 1.04. The van der Waals surface area contributed by atoms with Crippen molar-refractivity contribution in [3.05, 3.63) is 21.9 Å². The fraction of sp³-hybridized carbons (Fsp3) is 0.636. The standard InChI is InChI=1S/C11H19NS/c1-7(2)11(12)9(4)10-6-5-8(3)13-10/h5-7,9,11H,12H2,1-4H3. The average Bonchev–Trinajstić information content (AvgIpc) is 2.49. The molecular formula is C11H19NS. The first kappa shape index (κ1) is 10.7. The summed E-state index contributed by atoms with van der Waals surface area (Å²) in [7, 11) is 0. The molecule has 0 amide bonds. The highest BCUT2D eigenvalue weighted by molar-refractivity contribution is 7.12. The van der Waals surface area contributed by atoms with Gasteiger partial charge in [-0.3, -0.25) is 0 Å². The minimum Gasteiger partial charge on any atom is -0.327 e. The van der Waals surface area contributed by atoms with Crippen molar-refractivity contribution in [3.8, 4) is 0 Å². The summed E-state index contributed by atoms with van der Waals surface area (Å²) in [5.41, 5.74) is 6.11. The van der Waals surface area contributed by atoms with E-state index < -0.39 is 0 Å². The van der Waals surface area contributed by atoms with E-state index >= 15 is 0 Å². The predicted octanol–water partition coefficient (Wildman–Crippen LogP) is 3.14. The first-order valence-corrected chi connectivity index (χ1v) is 5.66. The van der Waals surface area contributed by atoms with Gasteiger partial charge in [-0.1, -0.05) is 20.8 Å². The Morgan fingerprint density at radius 2 is 1.85 bits per heavy atom. The van der Waals surface area contributed by atoms with Gasteiger partial charge in [0, 0.05) is 21.7 Å². The lowest BCUT2D eigenvalue weighted by Crippen LogP contribution is -2.31. The van der Waals surface area contributed by atoms with E-state index in [1.54, 1.807) is 0 Å². The van der Waals surface area contributed by atoms with Gasteiger partial charge in [0.1, 0.15) is 0 Å². The number of nitrogens with two attached hydrogens (primary N) is 1. The van der Waals surface area contributed by atoms with Crippen molar-refractivity contribution in [1.82, 2.24) is 0 Å². The molecule has 1 heterocycles. The molecule has 1 aromatic heterocycles. The third kappa shape index (κ3) is 2.55. The summed E-state index contributed by atoms with van der Waals surface area (Å²) in [6.07, 6.45) is 0. The molecule has 1 rings (SSSR count). The predicted molar refractivity (Wildman–Crippen MR) is 60.3 cm³/mol. The van der Waals surface area contributed by atoms with Gasteiger partial charge in [0.2, 0.25) is 0 Å². The normalized spacial score (nSPS) is 16.2. The van der Waals surface area contributed by atoms with E-state index in [0.717, 1.165) is 0 Å². The largest absolute Gasteiger partial charge is 0.327 e. The summed E-state index contributed by atoms with van der Waals surface area (Å²) >= 11 is 1.86. The Bertz CT molecular complexity index is 265. The smallest absolute Gasteiger partial charge is 0.0136 e. The zero-order valence-corrected chi connectivity index (χ0v) is 9.69. The van der Waals surface area contributed by atoms with Crippen LogP contribution in [0.2, 0.25) is 0 Å². The van der Waals surface area contributed by atoms with Crippen LogP contribution in [0.25, 0.3) is 0 Å². The maximum absolute atomic E-state index is 6.11. The molecule has 0 bridgehead atoms. The van der Waals surface area contributed by atoms with Crippen LogP contribution >= 0.6 is 11.3 Å². The van der Waals surface area contributed by atoms with Crippen molar-refractivity contribution in [2.24, 2.45) is 11.7 Å². The lowest BCUT2D eigenvalue weighted by molar-refractivity contribution is 0.438. The van der Waals surface area contributed by atoms with Crippen LogP contribution in [0.4, 0.5) is 0 Å². The molecule has 2 unspecified atom stereocenters. The molecule has 0 radical (unpaired) electrons.